The maximum Gasteiger partial charge on any atom is 0.00106 e. The summed E-state index contributed by atoms with van der Waals surface area (Å²) in [7, 11) is 0. The van der Waals surface area contributed by atoms with Crippen molar-refractivity contribution in [3.8, 4) is 0 Å². The van der Waals surface area contributed by atoms with Crippen LogP contribution in [0.4, 0.5) is 0 Å². The third-order valence-electron chi connectivity index (χ3n) is 4.26. The van der Waals surface area contributed by atoms with E-state index in [4.69, 9.17) is 0 Å². The molecule has 110 valence electrons. The van der Waals surface area contributed by atoms with Crippen LogP contribution in [-0.4, -0.2) is 12.6 Å². The number of rotatable bonds is 12. The Balaban J connectivity index is 4.24. The standard InChI is InChI=1S/C17H37N/c1-6-9-11-12-14-17(8-3,13-10-7-2)15-18-16(4)5/h16,18H,6-15H2,1-5H3. The van der Waals surface area contributed by atoms with Gasteiger partial charge in [0.1, 0.15) is 0 Å². The van der Waals surface area contributed by atoms with E-state index < -0.39 is 0 Å². The van der Waals surface area contributed by atoms with Crippen molar-refractivity contribution in [2.45, 2.75) is 98.4 Å². The predicted molar refractivity (Wildman–Crippen MR) is 84.1 cm³/mol. The largest absolute Gasteiger partial charge is 0.314 e. The molecule has 0 heterocycles. The number of nitrogens with one attached hydrogen (secondary N) is 1. The third kappa shape index (κ3) is 8.13. The zero-order chi connectivity index (χ0) is 13.9. The Morgan fingerprint density at radius 3 is 1.94 bits per heavy atom. The summed E-state index contributed by atoms with van der Waals surface area (Å²) >= 11 is 0. The summed E-state index contributed by atoms with van der Waals surface area (Å²) in [6.45, 7) is 12.7. The highest BCUT2D eigenvalue weighted by molar-refractivity contribution is 4.81. The molecular weight excluding hydrogens is 218 g/mol. The van der Waals surface area contributed by atoms with Crippen molar-refractivity contribution < 1.29 is 0 Å². The monoisotopic (exact) mass is 255 g/mol. The molecule has 18 heavy (non-hydrogen) atoms. The van der Waals surface area contributed by atoms with E-state index >= 15 is 0 Å². The maximum atomic E-state index is 3.69. The van der Waals surface area contributed by atoms with Crippen molar-refractivity contribution in [3.63, 3.8) is 0 Å². The molecule has 0 saturated carbocycles. The Morgan fingerprint density at radius 1 is 0.833 bits per heavy atom. The van der Waals surface area contributed by atoms with Crippen LogP contribution in [-0.2, 0) is 0 Å². The first-order valence-electron chi connectivity index (χ1n) is 8.33. The second-order valence-electron chi connectivity index (χ2n) is 6.30. The van der Waals surface area contributed by atoms with Crippen LogP contribution in [0.2, 0.25) is 0 Å². The summed E-state index contributed by atoms with van der Waals surface area (Å²) in [5, 5.41) is 3.69. The second kappa shape index (κ2) is 10.8. The smallest absolute Gasteiger partial charge is 0.00106 e. The Kier molecular flexibility index (Phi) is 10.8. The molecular formula is C17H37N. The lowest BCUT2D eigenvalue weighted by Crippen LogP contribution is -2.37. The molecule has 0 aromatic carbocycles. The second-order valence-corrected chi connectivity index (χ2v) is 6.30. The zero-order valence-electron chi connectivity index (χ0n) is 13.6. The highest BCUT2D eigenvalue weighted by atomic mass is 14.9. The lowest BCUT2D eigenvalue weighted by Gasteiger charge is -2.34. The first-order valence-corrected chi connectivity index (χ1v) is 8.33. The molecule has 1 heteroatoms. The quantitative estimate of drug-likeness (QED) is 0.451. The van der Waals surface area contributed by atoms with E-state index in [9.17, 15) is 0 Å². The third-order valence-corrected chi connectivity index (χ3v) is 4.26. The summed E-state index contributed by atoms with van der Waals surface area (Å²) < 4.78 is 0. The minimum absolute atomic E-state index is 0.564. The lowest BCUT2D eigenvalue weighted by atomic mass is 9.75. The molecule has 1 atom stereocenters. The predicted octanol–water partition coefficient (Wildman–Crippen LogP) is 5.54. The zero-order valence-corrected chi connectivity index (χ0v) is 13.6. The van der Waals surface area contributed by atoms with Gasteiger partial charge in [-0.2, -0.15) is 0 Å². The summed E-state index contributed by atoms with van der Waals surface area (Å²) in [5.41, 5.74) is 0.564. The van der Waals surface area contributed by atoms with Crippen LogP contribution in [0.1, 0.15) is 92.4 Å². The van der Waals surface area contributed by atoms with E-state index in [1.54, 1.807) is 0 Å². The van der Waals surface area contributed by atoms with Crippen LogP contribution in [0.15, 0.2) is 0 Å². The first-order chi connectivity index (χ1) is 8.60. The molecule has 0 amide bonds. The Hall–Kier alpha value is -0.0400. The minimum Gasteiger partial charge on any atom is -0.314 e. The van der Waals surface area contributed by atoms with Crippen LogP contribution in [0.3, 0.4) is 0 Å². The van der Waals surface area contributed by atoms with Gasteiger partial charge in [-0.3, -0.25) is 0 Å². The molecule has 0 aromatic heterocycles. The highest BCUT2D eigenvalue weighted by Gasteiger charge is 2.26. The lowest BCUT2D eigenvalue weighted by molar-refractivity contribution is 0.199. The molecule has 1 nitrogen and oxygen atoms in total. The van der Waals surface area contributed by atoms with Gasteiger partial charge >= 0.3 is 0 Å². The van der Waals surface area contributed by atoms with Gasteiger partial charge in [-0.1, -0.05) is 73.1 Å². The molecule has 0 saturated heterocycles. The Labute approximate surface area is 116 Å². The van der Waals surface area contributed by atoms with Crippen LogP contribution < -0.4 is 5.32 Å². The van der Waals surface area contributed by atoms with Gasteiger partial charge in [0.25, 0.3) is 0 Å². The summed E-state index contributed by atoms with van der Waals surface area (Å²) in [5.74, 6) is 0. The van der Waals surface area contributed by atoms with Gasteiger partial charge in [-0.15, -0.1) is 0 Å². The van der Waals surface area contributed by atoms with Crippen molar-refractivity contribution in [1.29, 1.82) is 0 Å². The molecule has 0 bridgehead atoms. The molecule has 1 unspecified atom stereocenters. The average molecular weight is 255 g/mol. The van der Waals surface area contributed by atoms with E-state index in [-0.39, 0.29) is 0 Å². The maximum absolute atomic E-state index is 3.69. The normalized spacial score (nSPS) is 15.0. The molecule has 0 aliphatic rings. The van der Waals surface area contributed by atoms with Crippen molar-refractivity contribution in [3.05, 3.63) is 0 Å². The fourth-order valence-corrected chi connectivity index (χ4v) is 2.68. The molecule has 0 spiro atoms. The summed E-state index contributed by atoms with van der Waals surface area (Å²) in [4.78, 5) is 0. The van der Waals surface area contributed by atoms with Gasteiger partial charge in [0.2, 0.25) is 0 Å². The van der Waals surface area contributed by atoms with Crippen molar-refractivity contribution in [2.75, 3.05) is 6.54 Å². The van der Waals surface area contributed by atoms with Gasteiger partial charge in [-0.25, -0.2) is 0 Å². The van der Waals surface area contributed by atoms with E-state index in [0.717, 1.165) is 0 Å². The Bertz CT molecular complexity index is 176. The summed E-state index contributed by atoms with van der Waals surface area (Å²) in [6.07, 6.45) is 12.5. The van der Waals surface area contributed by atoms with Crippen molar-refractivity contribution in [2.24, 2.45) is 5.41 Å². The van der Waals surface area contributed by atoms with E-state index in [2.05, 4.69) is 39.9 Å². The summed E-state index contributed by atoms with van der Waals surface area (Å²) in [6, 6.07) is 0.619. The minimum atomic E-state index is 0.564. The fourth-order valence-electron chi connectivity index (χ4n) is 2.68. The van der Waals surface area contributed by atoms with Crippen LogP contribution in [0, 0.1) is 5.41 Å². The van der Waals surface area contributed by atoms with Gasteiger partial charge in [0, 0.05) is 12.6 Å². The highest BCUT2D eigenvalue weighted by Crippen LogP contribution is 2.34. The number of hydrogen-bond acceptors (Lipinski definition) is 1. The van der Waals surface area contributed by atoms with Crippen LogP contribution in [0.25, 0.3) is 0 Å². The molecule has 0 fully saturated rings. The van der Waals surface area contributed by atoms with E-state index in [1.165, 1.54) is 64.3 Å². The van der Waals surface area contributed by atoms with Crippen LogP contribution >= 0.6 is 0 Å². The van der Waals surface area contributed by atoms with Gasteiger partial charge in [-0.05, 0) is 24.7 Å². The molecule has 0 aromatic rings. The van der Waals surface area contributed by atoms with Gasteiger partial charge in [0.05, 0.1) is 0 Å². The number of unbranched alkanes of at least 4 members (excludes halogenated alkanes) is 4. The number of hydrogen-bond donors (Lipinski definition) is 1. The molecule has 0 rings (SSSR count). The average Bonchev–Trinajstić information content (AvgIpc) is 2.37. The topological polar surface area (TPSA) is 12.0 Å². The van der Waals surface area contributed by atoms with Crippen LogP contribution in [0.5, 0.6) is 0 Å². The molecule has 0 aliphatic heterocycles. The molecule has 0 radical (unpaired) electrons. The van der Waals surface area contributed by atoms with Gasteiger partial charge < -0.3 is 5.32 Å². The van der Waals surface area contributed by atoms with Crippen molar-refractivity contribution in [1.82, 2.24) is 5.32 Å². The fraction of sp³-hybridized carbons (Fsp3) is 1.00. The van der Waals surface area contributed by atoms with Crippen molar-refractivity contribution >= 4 is 0 Å². The first kappa shape index (κ1) is 18.0. The molecule has 1 N–H and O–H groups in total. The molecule has 0 aliphatic carbocycles. The Morgan fingerprint density at radius 2 is 1.44 bits per heavy atom. The SMILES string of the molecule is CCCCCCC(CC)(CCCC)CNC(C)C. The van der Waals surface area contributed by atoms with E-state index in [1.807, 2.05) is 0 Å². The van der Waals surface area contributed by atoms with E-state index in [0.29, 0.717) is 11.5 Å². The van der Waals surface area contributed by atoms with Gasteiger partial charge in [0.15, 0.2) is 0 Å².